The third-order valence-electron chi connectivity index (χ3n) is 4.48. The molecule has 1 heterocycles. The summed E-state index contributed by atoms with van der Waals surface area (Å²) in [5, 5.41) is 1.92. The summed E-state index contributed by atoms with van der Waals surface area (Å²) in [6.45, 7) is 0. The predicted octanol–water partition coefficient (Wildman–Crippen LogP) is 4.35. The van der Waals surface area contributed by atoms with Crippen molar-refractivity contribution in [3.8, 4) is 0 Å². The first-order valence-electron chi connectivity index (χ1n) is 7.46. The van der Waals surface area contributed by atoms with Crippen LogP contribution in [0.15, 0.2) is 52.0 Å². The third-order valence-corrected chi connectivity index (χ3v) is 5.17. The van der Waals surface area contributed by atoms with Crippen molar-refractivity contribution in [2.75, 3.05) is 4.90 Å². The minimum absolute atomic E-state index is 0.132. The lowest BCUT2D eigenvalue weighted by molar-refractivity contribution is -0.120. The van der Waals surface area contributed by atoms with Crippen molar-refractivity contribution in [1.29, 1.82) is 0 Å². The average molecular weight is 356 g/mol. The molecular formula is C18H14BrNO2. The maximum absolute atomic E-state index is 12.7. The molecule has 3 nitrogen and oxygen atoms in total. The van der Waals surface area contributed by atoms with Gasteiger partial charge in [-0.05, 0) is 43.2 Å². The highest BCUT2D eigenvalue weighted by atomic mass is 79.9. The summed E-state index contributed by atoms with van der Waals surface area (Å²) >= 11 is 3.53. The van der Waals surface area contributed by atoms with Crippen molar-refractivity contribution in [3.63, 3.8) is 0 Å². The van der Waals surface area contributed by atoms with Crippen LogP contribution in [0.1, 0.15) is 25.7 Å². The van der Waals surface area contributed by atoms with E-state index in [1.165, 1.54) is 4.90 Å². The van der Waals surface area contributed by atoms with Gasteiger partial charge in [0.2, 0.25) is 0 Å². The summed E-state index contributed by atoms with van der Waals surface area (Å²) in [7, 11) is 0. The smallest absolute Gasteiger partial charge is 0.261 e. The standard InChI is InChI=1S/C18H14BrNO2/c19-15-9-10-16(12-6-2-1-5-11(12)15)20-17(21)13-7-3-4-8-14(13)18(20)22/h1-2,5-6,9-10H,3-4,7-8H2. The molecule has 110 valence electrons. The van der Waals surface area contributed by atoms with Crippen LogP contribution in [0.25, 0.3) is 10.8 Å². The van der Waals surface area contributed by atoms with Crippen molar-refractivity contribution < 1.29 is 9.59 Å². The molecule has 22 heavy (non-hydrogen) atoms. The van der Waals surface area contributed by atoms with Gasteiger partial charge in [0, 0.05) is 21.0 Å². The number of amides is 2. The fraction of sp³-hybridized carbons (Fsp3) is 0.222. The van der Waals surface area contributed by atoms with E-state index in [4.69, 9.17) is 0 Å². The zero-order chi connectivity index (χ0) is 15.3. The van der Waals surface area contributed by atoms with E-state index >= 15 is 0 Å². The number of carbonyl (C=O) groups is 2. The first-order valence-corrected chi connectivity index (χ1v) is 8.26. The van der Waals surface area contributed by atoms with E-state index in [0.29, 0.717) is 5.69 Å². The van der Waals surface area contributed by atoms with Gasteiger partial charge < -0.3 is 0 Å². The Morgan fingerprint density at radius 1 is 0.818 bits per heavy atom. The van der Waals surface area contributed by atoms with Crippen LogP contribution in [0.5, 0.6) is 0 Å². The van der Waals surface area contributed by atoms with Gasteiger partial charge in [-0.3, -0.25) is 9.59 Å². The van der Waals surface area contributed by atoms with Crippen molar-refractivity contribution in [3.05, 3.63) is 52.0 Å². The zero-order valence-corrected chi connectivity index (χ0v) is 13.5. The molecule has 0 spiro atoms. The summed E-state index contributed by atoms with van der Waals surface area (Å²) in [6, 6.07) is 11.6. The highest BCUT2D eigenvalue weighted by Crippen LogP contribution is 2.39. The SMILES string of the molecule is O=C1C2=C(CCCC2)C(=O)N1c1ccc(Br)c2ccccc12. The first-order chi connectivity index (χ1) is 10.7. The topological polar surface area (TPSA) is 37.4 Å². The molecule has 2 aromatic carbocycles. The van der Waals surface area contributed by atoms with Gasteiger partial charge >= 0.3 is 0 Å². The van der Waals surface area contributed by atoms with Crippen LogP contribution in [-0.4, -0.2) is 11.8 Å². The molecule has 4 heteroatoms. The molecule has 0 radical (unpaired) electrons. The number of hydrogen-bond donors (Lipinski definition) is 0. The summed E-state index contributed by atoms with van der Waals surface area (Å²) < 4.78 is 0.962. The molecule has 1 aliphatic heterocycles. The van der Waals surface area contributed by atoms with Gasteiger partial charge in [-0.25, -0.2) is 4.90 Å². The van der Waals surface area contributed by atoms with Crippen molar-refractivity contribution in [1.82, 2.24) is 0 Å². The largest absolute Gasteiger partial charge is 0.269 e. The van der Waals surface area contributed by atoms with Gasteiger partial charge in [-0.1, -0.05) is 40.2 Å². The summed E-state index contributed by atoms with van der Waals surface area (Å²) in [6.07, 6.45) is 3.44. The number of fused-ring (bicyclic) bond motifs is 1. The number of anilines is 1. The Balaban J connectivity index is 1.89. The Hall–Kier alpha value is -1.94. The molecular weight excluding hydrogens is 342 g/mol. The second-order valence-electron chi connectivity index (χ2n) is 5.72. The van der Waals surface area contributed by atoms with Gasteiger partial charge in [-0.2, -0.15) is 0 Å². The number of carbonyl (C=O) groups excluding carboxylic acids is 2. The molecule has 2 aliphatic rings. The van der Waals surface area contributed by atoms with Crippen LogP contribution in [0, 0.1) is 0 Å². The van der Waals surface area contributed by atoms with Gasteiger partial charge in [0.25, 0.3) is 11.8 Å². The van der Waals surface area contributed by atoms with Crippen molar-refractivity contribution in [2.24, 2.45) is 0 Å². The zero-order valence-electron chi connectivity index (χ0n) is 11.9. The Bertz CT molecular complexity index is 825. The lowest BCUT2D eigenvalue weighted by atomic mass is 9.93. The molecule has 2 aromatic rings. The van der Waals surface area contributed by atoms with E-state index in [9.17, 15) is 9.59 Å². The second kappa shape index (κ2) is 5.06. The number of hydrogen-bond acceptors (Lipinski definition) is 2. The molecule has 4 rings (SSSR count). The van der Waals surface area contributed by atoms with E-state index in [0.717, 1.165) is 52.1 Å². The van der Waals surface area contributed by atoms with Gasteiger partial charge in [0.15, 0.2) is 0 Å². The minimum Gasteiger partial charge on any atom is -0.269 e. The molecule has 0 aromatic heterocycles. The van der Waals surface area contributed by atoms with Crippen LogP contribution >= 0.6 is 15.9 Å². The predicted molar refractivity (Wildman–Crippen MR) is 89.6 cm³/mol. The highest BCUT2D eigenvalue weighted by molar-refractivity contribution is 9.10. The maximum atomic E-state index is 12.7. The van der Waals surface area contributed by atoms with Crippen molar-refractivity contribution >= 4 is 44.2 Å². The van der Waals surface area contributed by atoms with E-state index in [-0.39, 0.29) is 11.8 Å². The van der Waals surface area contributed by atoms with Gasteiger partial charge in [0.05, 0.1) is 5.69 Å². The summed E-state index contributed by atoms with van der Waals surface area (Å²) in [5.41, 5.74) is 2.13. The molecule has 0 saturated carbocycles. The Morgan fingerprint density at radius 3 is 2.05 bits per heavy atom. The minimum atomic E-state index is -0.132. The van der Waals surface area contributed by atoms with Crippen molar-refractivity contribution in [2.45, 2.75) is 25.7 Å². The fourth-order valence-electron chi connectivity index (χ4n) is 3.40. The first kappa shape index (κ1) is 13.7. The van der Waals surface area contributed by atoms with E-state index < -0.39 is 0 Å². The molecule has 0 bridgehead atoms. The quantitative estimate of drug-likeness (QED) is 0.713. The number of nitrogens with zero attached hydrogens (tertiary/aromatic N) is 1. The Morgan fingerprint density at radius 2 is 1.41 bits per heavy atom. The van der Waals surface area contributed by atoms with Gasteiger partial charge in [-0.15, -0.1) is 0 Å². The van der Waals surface area contributed by atoms with Crippen LogP contribution in [0.4, 0.5) is 5.69 Å². The van der Waals surface area contributed by atoms with Crippen LogP contribution in [0.2, 0.25) is 0 Å². The van der Waals surface area contributed by atoms with E-state index in [1.54, 1.807) is 0 Å². The Labute approximate surface area is 136 Å². The van der Waals surface area contributed by atoms with Gasteiger partial charge in [0.1, 0.15) is 0 Å². The van der Waals surface area contributed by atoms with E-state index in [2.05, 4.69) is 15.9 Å². The Kier molecular flexibility index (Phi) is 3.15. The number of halogens is 1. The third kappa shape index (κ3) is 1.87. The summed E-state index contributed by atoms with van der Waals surface area (Å²) in [4.78, 5) is 26.8. The molecule has 0 atom stereocenters. The maximum Gasteiger partial charge on any atom is 0.261 e. The molecule has 1 aliphatic carbocycles. The number of rotatable bonds is 1. The molecule has 0 unspecified atom stereocenters. The number of imide groups is 1. The monoisotopic (exact) mass is 355 g/mol. The normalized spacial score (nSPS) is 18.3. The lowest BCUT2D eigenvalue weighted by Gasteiger charge is -2.18. The van der Waals surface area contributed by atoms with Crippen LogP contribution < -0.4 is 4.90 Å². The number of benzene rings is 2. The summed E-state index contributed by atoms with van der Waals surface area (Å²) in [5.74, 6) is -0.264. The lowest BCUT2D eigenvalue weighted by Crippen LogP contribution is -2.31. The average Bonchev–Trinajstić information content (AvgIpc) is 2.81. The second-order valence-corrected chi connectivity index (χ2v) is 6.58. The molecule has 0 fully saturated rings. The molecule has 2 amide bonds. The highest BCUT2D eigenvalue weighted by Gasteiger charge is 2.40. The molecule has 0 saturated heterocycles. The van der Waals surface area contributed by atoms with E-state index in [1.807, 2.05) is 36.4 Å². The van der Waals surface area contributed by atoms with Crippen LogP contribution in [-0.2, 0) is 9.59 Å². The molecule has 0 N–H and O–H groups in total. The fourth-order valence-corrected chi connectivity index (χ4v) is 3.88. The van der Waals surface area contributed by atoms with Crippen LogP contribution in [0.3, 0.4) is 0 Å².